The molecule has 4 rings (SSSR count). The second-order valence-electron chi connectivity index (χ2n) is 7.97. The normalized spacial score (nSPS) is 10.8. The van der Waals surface area contributed by atoms with E-state index in [4.69, 9.17) is 51.1 Å². The number of thiophene rings is 2. The van der Waals surface area contributed by atoms with Gasteiger partial charge in [0.1, 0.15) is 34.3 Å². The Kier molecular flexibility index (Phi) is 12.8. The number of carbonyl (C=O) groups is 2. The van der Waals surface area contributed by atoms with Crippen molar-refractivity contribution in [3.8, 4) is 34.4 Å². The molecule has 0 fully saturated rings. The van der Waals surface area contributed by atoms with Crippen LogP contribution in [0.1, 0.15) is 44.3 Å². The SMILES string of the molecule is CCOC(=O)c1sc(I)c(C#N)c1-c1ccc(Cl)cc1Cl.CC[s+]1c(I)c(C#N)c(-c2ccc(Cl)cc2Cl)c1C(=O)[O-]. The molecule has 0 bridgehead atoms. The van der Waals surface area contributed by atoms with Crippen molar-refractivity contribution < 1.29 is 19.4 Å². The molecule has 0 aliphatic heterocycles. The first-order valence-electron chi connectivity index (χ1n) is 11.7. The lowest BCUT2D eigenvalue weighted by molar-refractivity contribution is -0.254. The average molecular weight is 904 g/mol. The highest BCUT2D eigenvalue weighted by Gasteiger charge is 2.33. The van der Waals surface area contributed by atoms with Crippen LogP contribution in [0.25, 0.3) is 22.3 Å². The highest BCUT2D eigenvalue weighted by Crippen LogP contribution is 2.46. The van der Waals surface area contributed by atoms with Crippen LogP contribution in [0.5, 0.6) is 0 Å². The second kappa shape index (κ2) is 15.4. The predicted molar refractivity (Wildman–Crippen MR) is 185 cm³/mol. The van der Waals surface area contributed by atoms with Gasteiger partial charge in [-0.25, -0.2) is 4.79 Å². The molecule has 0 aliphatic rings. The molecule has 0 saturated carbocycles. The highest BCUT2D eigenvalue weighted by molar-refractivity contribution is 14.1. The number of hydrogen-bond acceptors (Lipinski definition) is 7. The molecule has 4 aromatic rings. The van der Waals surface area contributed by atoms with Crippen LogP contribution in [0.3, 0.4) is 0 Å². The molecule has 1 unspecified atom stereocenters. The van der Waals surface area contributed by atoms with Gasteiger partial charge in [-0.05, 0) is 60.7 Å². The number of hydrogen-bond donors (Lipinski definition) is 0. The number of rotatable bonds is 6. The quantitative estimate of drug-likeness (QED) is 0.108. The molecule has 0 aliphatic carbocycles. The second-order valence-corrected chi connectivity index (χ2v) is 16.5. The van der Waals surface area contributed by atoms with Crippen molar-refractivity contribution in [3.63, 3.8) is 0 Å². The fraction of sp³-hybridized carbons (Fsp3) is 0.143. The standard InChI is InChI=1S/2C14H8Cl2INO2S/c1-2-21-12(14(19)20)11(9(6-18)13(21)17)8-4-3-7(15)5-10(8)16;1-2-20-14(19)12-11(9(6-18)13(17)21-12)8-4-3-7(15)5-10(8)16/h2*3-5H,2H2,1H3. The van der Waals surface area contributed by atoms with Gasteiger partial charge in [-0.15, -0.1) is 11.3 Å². The topological polar surface area (TPSA) is 114 Å². The van der Waals surface area contributed by atoms with Crippen molar-refractivity contribution in [2.24, 2.45) is 0 Å². The summed E-state index contributed by atoms with van der Waals surface area (Å²) < 4.78 is 6.51. The zero-order valence-corrected chi connectivity index (χ0v) is 30.5. The molecule has 0 amide bonds. The van der Waals surface area contributed by atoms with E-state index >= 15 is 0 Å². The lowest BCUT2D eigenvalue weighted by Crippen LogP contribution is -2.22. The monoisotopic (exact) mass is 902 g/mol. The average Bonchev–Trinajstić information content (AvgIpc) is 3.42. The largest absolute Gasteiger partial charge is 0.540 e. The van der Waals surface area contributed by atoms with Crippen LogP contribution in [0.15, 0.2) is 36.4 Å². The van der Waals surface area contributed by atoms with E-state index in [0.29, 0.717) is 64.1 Å². The van der Waals surface area contributed by atoms with Crippen LogP contribution < -0.4 is 5.11 Å². The van der Waals surface area contributed by atoms with Crippen molar-refractivity contribution in [1.82, 2.24) is 0 Å². The Bertz CT molecular complexity index is 1790. The highest BCUT2D eigenvalue weighted by atomic mass is 127. The van der Waals surface area contributed by atoms with Crippen molar-refractivity contribution >= 4 is 125 Å². The molecule has 2 aromatic carbocycles. The number of nitrogens with zero attached hydrogens (tertiary/aromatic N) is 2. The van der Waals surface area contributed by atoms with E-state index in [0.717, 1.165) is 5.77 Å². The molecule has 0 saturated heterocycles. The third-order valence-electron chi connectivity index (χ3n) is 5.56. The summed E-state index contributed by atoms with van der Waals surface area (Å²) in [6, 6.07) is 13.9. The molecule has 2 heterocycles. The summed E-state index contributed by atoms with van der Waals surface area (Å²) in [4.78, 5) is 24.2. The van der Waals surface area contributed by atoms with E-state index in [-0.39, 0.29) is 11.5 Å². The molecule has 0 radical (unpaired) electrons. The smallest absolute Gasteiger partial charge is 0.349 e. The van der Waals surface area contributed by atoms with E-state index in [1.165, 1.54) is 17.4 Å². The van der Waals surface area contributed by atoms with Gasteiger partial charge in [0.2, 0.25) is 7.76 Å². The maximum absolute atomic E-state index is 12.1. The summed E-state index contributed by atoms with van der Waals surface area (Å²) in [6.45, 7) is 3.88. The number of ether oxygens (including phenoxy) is 1. The van der Waals surface area contributed by atoms with Gasteiger partial charge in [0, 0.05) is 64.8 Å². The van der Waals surface area contributed by atoms with Crippen LogP contribution in [0.2, 0.25) is 20.1 Å². The molecule has 0 N–H and O–H groups in total. The number of carbonyl (C=O) groups excluding carboxylic acids is 2. The lowest BCUT2D eigenvalue weighted by atomic mass is 10.0. The van der Waals surface area contributed by atoms with E-state index in [1.54, 1.807) is 37.3 Å². The zero-order valence-electron chi connectivity index (χ0n) is 21.5. The Morgan fingerprint density at radius 1 is 0.929 bits per heavy atom. The number of carboxylic acids is 1. The Labute approximate surface area is 296 Å². The minimum absolute atomic E-state index is 0.141. The molecule has 1 atom stereocenters. The van der Waals surface area contributed by atoms with Gasteiger partial charge in [-0.2, -0.15) is 10.5 Å². The number of benzene rings is 2. The van der Waals surface area contributed by atoms with Gasteiger partial charge < -0.3 is 14.6 Å². The summed E-state index contributed by atoms with van der Waals surface area (Å²) in [5.41, 5.74) is 2.73. The summed E-state index contributed by atoms with van der Waals surface area (Å²) in [5.74, 6) is -1.12. The number of aromatic carboxylic acids is 1. The fourth-order valence-corrected chi connectivity index (χ4v) is 10.6. The predicted octanol–water partition coefficient (Wildman–Crippen LogP) is 9.64. The summed E-state index contributed by atoms with van der Waals surface area (Å²) in [7, 11) is -0.651. The van der Waals surface area contributed by atoms with E-state index < -0.39 is 22.4 Å². The Balaban J connectivity index is 0.000000230. The molecule has 14 heteroatoms. The van der Waals surface area contributed by atoms with Gasteiger partial charge >= 0.3 is 5.97 Å². The van der Waals surface area contributed by atoms with Crippen LogP contribution in [0, 0.1) is 28.4 Å². The first kappa shape index (κ1) is 34.9. The van der Waals surface area contributed by atoms with Crippen LogP contribution in [-0.2, 0) is 10.5 Å². The molecule has 42 heavy (non-hydrogen) atoms. The number of nitriles is 2. The van der Waals surface area contributed by atoms with Gasteiger partial charge in [0.25, 0.3) is 0 Å². The lowest BCUT2D eigenvalue weighted by Gasteiger charge is -2.07. The van der Waals surface area contributed by atoms with E-state index in [9.17, 15) is 25.2 Å². The molecular formula is C28H16Cl4I2N2O4S2. The number of halogens is 6. The van der Waals surface area contributed by atoms with Gasteiger partial charge in [0.15, 0.2) is 0 Å². The Morgan fingerprint density at radius 3 is 1.88 bits per heavy atom. The maximum Gasteiger partial charge on any atom is 0.349 e. The third kappa shape index (κ3) is 7.36. The maximum atomic E-state index is 12.1. The number of esters is 1. The molecule has 216 valence electrons. The van der Waals surface area contributed by atoms with Crippen molar-refractivity contribution in [2.45, 2.75) is 19.6 Å². The van der Waals surface area contributed by atoms with Crippen LogP contribution in [-0.4, -0.2) is 18.5 Å². The summed E-state index contributed by atoms with van der Waals surface area (Å²) >= 11 is 29.4. The first-order valence-corrected chi connectivity index (χ1v) is 17.6. The fourth-order valence-electron chi connectivity index (χ4n) is 3.86. The Hall–Kier alpha value is -1.62. The van der Waals surface area contributed by atoms with Gasteiger partial charge in [0.05, 0.1) is 25.6 Å². The van der Waals surface area contributed by atoms with Gasteiger partial charge in [-0.3, -0.25) is 0 Å². The summed E-state index contributed by atoms with van der Waals surface area (Å²) in [6.07, 6.45) is 0. The van der Waals surface area contributed by atoms with Crippen molar-refractivity contribution in [3.05, 3.63) is 83.1 Å². The minimum Gasteiger partial charge on any atom is -0.540 e. The zero-order chi connectivity index (χ0) is 31.3. The van der Waals surface area contributed by atoms with Crippen molar-refractivity contribution in [2.75, 3.05) is 6.61 Å². The van der Waals surface area contributed by atoms with Gasteiger partial charge in [-0.1, -0.05) is 58.5 Å². The first-order chi connectivity index (χ1) is 19.9. The molecular weight excluding hydrogens is 888 g/mol. The molecule has 0 spiro atoms. The molecule has 2 aromatic heterocycles. The van der Waals surface area contributed by atoms with E-state index in [1.807, 2.05) is 52.1 Å². The minimum atomic E-state index is -1.26. The summed E-state index contributed by atoms with van der Waals surface area (Å²) in [5, 5.41) is 32.0. The Morgan fingerprint density at radius 2 is 1.45 bits per heavy atom. The number of carboxylic acid groups (broad SMARTS) is 1. The van der Waals surface area contributed by atoms with Crippen LogP contribution in [0.4, 0.5) is 0 Å². The molecule has 6 nitrogen and oxygen atoms in total. The van der Waals surface area contributed by atoms with E-state index in [2.05, 4.69) is 12.1 Å². The van der Waals surface area contributed by atoms with Crippen molar-refractivity contribution in [1.29, 1.82) is 10.5 Å². The third-order valence-corrected chi connectivity index (χ3v) is 13.0. The van der Waals surface area contributed by atoms with Crippen LogP contribution >= 0.6 is 113 Å².